The third-order valence-electron chi connectivity index (χ3n) is 6.08. The number of aryl methyl sites for hydroxylation is 2. The molecule has 0 atom stereocenters. The Hall–Kier alpha value is -4.77. The lowest BCUT2D eigenvalue weighted by Crippen LogP contribution is -2.12. The molecule has 0 unspecified atom stereocenters. The highest BCUT2D eigenvalue weighted by Gasteiger charge is 2.13. The molecule has 0 radical (unpaired) electrons. The molecule has 0 saturated carbocycles. The van der Waals surface area contributed by atoms with E-state index in [0.717, 1.165) is 39.2 Å². The van der Waals surface area contributed by atoms with Crippen molar-refractivity contribution in [3.63, 3.8) is 0 Å². The van der Waals surface area contributed by atoms with Gasteiger partial charge in [-0.1, -0.05) is 23.2 Å². The van der Waals surface area contributed by atoms with E-state index in [-0.39, 0.29) is 5.95 Å². The first-order valence-corrected chi connectivity index (χ1v) is 12.1. The lowest BCUT2D eigenvalue weighted by molar-refractivity contribution is -0.396. The second-order valence-electron chi connectivity index (χ2n) is 8.68. The molecule has 5 rings (SSSR count). The number of aromatic nitrogens is 5. The highest BCUT2D eigenvalue weighted by molar-refractivity contribution is 5.95. The van der Waals surface area contributed by atoms with E-state index in [0.29, 0.717) is 32.3 Å². The summed E-state index contributed by atoms with van der Waals surface area (Å²) in [7, 11) is 2.03. The van der Waals surface area contributed by atoms with Gasteiger partial charge in [0.25, 0.3) is 0 Å². The fourth-order valence-corrected chi connectivity index (χ4v) is 4.26. The lowest BCUT2D eigenvalue weighted by atomic mass is 10.1. The van der Waals surface area contributed by atoms with Crippen molar-refractivity contribution < 1.29 is 14.4 Å². The van der Waals surface area contributed by atoms with Gasteiger partial charge in [0.05, 0.1) is 25.5 Å². The maximum Gasteiger partial charge on any atom is 0.434 e. The largest absolute Gasteiger partial charge is 0.491 e. The first-order valence-electron chi connectivity index (χ1n) is 12.1. The predicted molar refractivity (Wildman–Crippen MR) is 144 cm³/mol. The van der Waals surface area contributed by atoms with Gasteiger partial charge in [-0.15, -0.1) is 0 Å². The summed E-state index contributed by atoms with van der Waals surface area (Å²) in [6.45, 7) is 3.35. The van der Waals surface area contributed by atoms with Crippen molar-refractivity contribution in [2.45, 2.75) is 13.5 Å². The average Bonchev–Trinajstić information content (AvgIpc) is 3.52. The van der Waals surface area contributed by atoms with E-state index in [9.17, 15) is 10.1 Å². The van der Waals surface area contributed by atoms with Crippen LogP contribution in [-0.2, 0) is 18.3 Å². The summed E-state index contributed by atoms with van der Waals surface area (Å²) < 4.78 is 14.9. The Morgan fingerprint density at radius 1 is 1.05 bits per heavy atom. The van der Waals surface area contributed by atoms with Crippen molar-refractivity contribution in [1.29, 1.82) is 0 Å². The van der Waals surface area contributed by atoms with Gasteiger partial charge in [0.1, 0.15) is 24.8 Å². The quantitative estimate of drug-likeness (QED) is 0.151. The highest BCUT2D eigenvalue weighted by Crippen LogP contribution is 2.30. The van der Waals surface area contributed by atoms with Crippen LogP contribution in [0.1, 0.15) is 5.56 Å². The summed E-state index contributed by atoms with van der Waals surface area (Å²) in [4.78, 5) is 23.2. The zero-order valence-electron chi connectivity index (χ0n) is 21.1. The molecular weight excluding hydrogens is 486 g/mol. The fraction of sp³-hybridized carbons (Fsp3) is 0.222. The second-order valence-corrected chi connectivity index (χ2v) is 8.68. The molecule has 11 nitrogen and oxygen atoms in total. The average molecular weight is 514 g/mol. The van der Waals surface area contributed by atoms with Gasteiger partial charge >= 0.3 is 5.95 Å². The summed E-state index contributed by atoms with van der Waals surface area (Å²) in [5, 5.41) is 15.3. The monoisotopic (exact) mass is 513 g/mol. The molecule has 0 aliphatic heterocycles. The van der Waals surface area contributed by atoms with E-state index in [1.165, 1.54) is 10.8 Å². The van der Waals surface area contributed by atoms with Gasteiger partial charge in [-0.2, -0.15) is 0 Å². The second kappa shape index (κ2) is 11.1. The standard InChI is InChI=1S/C27H27N7O4/c1-19-17-20(7-8-25(19)38-16-15-37-14-13-33-12-11-29-27(33)34(35)36)30-26-28-10-9-23(31-26)22-18-32(2)24-6-4-3-5-21(22)24/h3-12,17-18H,13-16H2,1-2H3,(H,28,30,31). The van der Waals surface area contributed by atoms with Crippen LogP contribution in [0.25, 0.3) is 22.2 Å². The van der Waals surface area contributed by atoms with Crippen LogP contribution in [0.3, 0.4) is 0 Å². The minimum absolute atomic E-state index is 0.195. The van der Waals surface area contributed by atoms with E-state index in [2.05, 4.69) is 38.2 Å². The molecule has 2 aromatic carbocycles. The van der Waals surface area contributed by atoms with Crippen LogP contribution in [0.5, 0.6) is 5.75 Å². The molecule has 1 N–H and O–H groups in total. The van der Waals surface area contributed by atoms with Gasteiger partial charge in [0.2, 0.25) is 5.95 Å². The summed E-state index contributed by atoms with van der Waals surface area (Å²) in [6.07, 6.45) is 6.79. The molecule has 0 aliphatic carbocycles. The van der Waals surface area contributed by atoms with E-state index in [4.69, 9.17) is 14.5 Å². The molecule has 38 heavy (non-hydrogen) atoms. The van der Waals surface area contributed by atoms with Crippen LogP contribution in [0, 0.1) is 17.0 Å². The molecule has 11 heteroatoms. The number of rotatable bonds is 11. The van der Waals surface area contributed by atoms with E-state index in [1.807, 2.05) is 50.4 Å². The molecule has 0 amide bonds. The van der Waals surface area contributed by atoms with Crippen LogP contribution in [0.2, 0.25) is 0 Å². The topological polar surface area (TPSA) is 122 Å². The Kier molecular flexibility index (Phi) is 7.27. The molecule has 0 saturated heterocycles. The summed E-state index contributed by atoms with van der Waals surface area (Å²) >= 11 is 0. The molecule has 194 valence electrons. The Morgan fingerprint density at radius 2 is 1.92 bits per heavy atom. The number of anilines is 2. The summed E-state index contributed by atoms with van der Waals surface area (Å²) in [6, 6.07) is 15.9. The number of ether oxygens (including phenoxy) is 2. The predicted octanol–water partition coefficient (Wildman–Crippen LogP) is 4.89. The number of imidazole rings is 1. The van der Waals surface area contributed by atoms with Crippen molar-refractivity contribution in [3.8, 4) is 17.0 Å². The lowest BCUT2D eigenvalue weighted by Gasteiger charge is -2.12. The number of fused-ring (bicyclic) bond motifs is 1. The van der Waals surface area contributed by atoms with Crippen LogP contribution in [0.15, 0.2) is 73.3 Å². The zero-order chi connectivity index (χ0) is 26.5. The molecule has 3 heterocycles. The maximum atomic E-state index is 10.9. The number of nitro groups is 1. The molecular formula is C27H27N7O4. The van der Waals surface area contributed by atoms with Crippen LogP contribution >= 0.6 is 0 Å². The molecule has 0 fully saturated rings. The minimum atomic E-state index is -0.516. The number of nitrogens with one attached hydrogen (secondary N) is 1. The number of nitrogens with zero attached hydrogens (tertiary/aromatic N) is 6. The third-order valence-corrected chi connectivity index (χ3v) is 6.08. The molecule has 5 aromatic rings. The van der Waals surface area contributed by atoms with Gasteiger partial charge in [-0.25, -0.2) is 14.5 Å². The molecule has 0 spiro atoms. The Balaban J connectivity index is 1.15. The normalized spacial score (nSPS) is 11.1. The smallest absolute Gasteiger partial charge is 0.434 e. The van der Waals surface area contributed by atoms with Crippen LogP contribution in [-0.4, -0.2) is 48.8 Å². The van der Waals surface area contributed by atoms with Crippen LogP contribution < -0.4 is 10.1 Å². The van der Waals surface area contributed by atoms with E-state index in [1.54, 1.807) is 12.4 Å². The van der Waals surface area contributed by atoms with Crippen molar-refractivity contribution >= 4 is 28.5 Å². The number of benzene rings is 2. The van der Waals surface area contributed by atoms with Gasteiger partial charge in [-0.05, 0) is 47.7 Å². The van der Waals surface area contributed by atoms with Crippen molar-refractivity contribution in [2.75, 3.05) is 25.1 Å². The fourth-order valence-electron chi connectivity index (χ4n) is 4.26. The van der Waals surface area contributed by atoms with Gasteiger partial charge in [-0.3, -0.25) is 0 Å². The summed E-state index contributed by atoms with van der Waals surface area (Å²) in [5.41, 5.74) is 4.85. The van der Waals surface area contributed by atoms with E-state index < -0.39 is 4.92 Å². The number of para-hydroxylation sites is 1. The first kappa shape index (κ1) is 24.9. The van der Waals surface area contributed by atoms with Crippen molar-refractivity contribution in [1.82, 2.24) is 24.1 Å². The van der Waals surface area contributed by atoms with Gasteiger partial charge < -0.3 is 29.5 Å². The van der Waals surface area contributed by atoms with Crippen molar-refractivity contribution in [3.05, 3.63) is 89.0 Å². The SMILES string of the molecule is Cc1cc(Nc2nccc(-c3cn(C)c4ccccc34)n2)ccc1OCCOCCn1ccnc1[N+](=O)[O-]. The number of hydrogen-bond acceptors (Lipinski definition) is 8. The minimum Gasteiger partial charge on any atom is -0.491 e. The van der Waals surface area contributed by atoms with Crippen LogP contribution in [0.4, 0.5) is 17.6 Å². The number of hydrogen-bond donors (Lipinski definition) is 1. The zero-order valence-corrected chi connectivity index (χ0v) is 21.1. The highest BCUT2D eigenvalue weighted by atomic mass is 16.6. The Morgan fingerprint density at radius 3 is 2.76 bits per heavy atom. The van der Waals surface area contributed by atoms with Crippen molar-refractivity contribution in [2.24, 2.45) is 7.05 Å². The Bertz CT molecular complexity index is 1580. The molecule has 0 bridgehead atoms. The molecule has 3 aromatic heterocycles. The van der Waals surface area contributed by atoms with E-state index >= 15 is 0 Å². The van der Waals surface area contributed by atoms with Gasteiger partial charge in [0, 0.05) is 41.6 Å². The third kappa shape index (κ3) is 5.47. The first-order chi connectivity index (χ1) is 18.5. The Labute approximate surface area is 218 Å². The maximum absolute atomic E-state index is 10.9. The van der Waals surface area contributed by atoms with Gasteiger partial charge in [0.15, 0.2) is 0 Å². The summed E-state index contributed by atoms with van der Waals surface area (Å²) in [5.74, 6) is 1.06. The molecule has 0 aliphatic rings.